The second kappa shape index (κ2) is 7.17. The minimum atomic E-state index is 0.343. The van der Waals surface area contributed by atoms with Crippen molar-refractivity contribution >= 4 is 28.1 Å². The van der Waals surface area contributed by atoms with Crippen molar-refractivity contribution in [1.29, 1.82) is 0 Å². The fourth-order valence-electron chi connectivity index (χ4n) is 1.88. The number of hydrogen-bond acceptors (Lipinski definition) is 4. The number of pyridine rings is 1. The summed E-state index contributed by atoms with van der Waals surface area (Å²) in [6.45, 7) is 3.82. The van der Waals surface area contributed by atoms with Crippen LogP contribution in [0.2, 0.25) is 0 Å². The van der Waals surface area contributed by atoms with E-state index in [0.717, 1.165) is 29.5 Å². The second-order valence-electron chi connectivity index (χ2n) is 4.35. The number of aromatic nitrogens is 1. The molecule has 1 aromatic heterocycles. The SMILES string of the molecule is CCCOCCOc1cc(C(N)=S)c2ccccc2n1. The minimum absolute atomic E-state index is 0.343. The number of para-hydroxylation sites is 1. The van der Waals surface area contributed by atoms with Crippen LogP contribution in [0, 0.1) is 0 Å². The van der Waals surface area contributed by atoms with Crippen LogP contribution < -0.4 is 10.5 Å². The molecule has 5 heteroatoms. The van der Waals surface area contributed by atoms with Crippen molar-refractivity contribution in [2.45, 2.75) is 13.3 Å². The van der Waals surface area contributed by atoms with Crippen LogP contribution in [0.5, 0.6) is 5.88 Å². The summed E-state index contributed by atoms with van der Waals surface area (Å²) in [6, 6.07) is 9.50. The molecule has 0 amide bonds. The molecule has 2 aromatic rings. The Kier molecular flexibility index (Phi) is 5.26. The molecule has 0 atom stereocenters. The Morgan fingerprint density at radius 2 is 2.05 bits per heavy atom. The molecule has 0 fully saturated rings. The van der Waals surface area contributed by atoms with Gasteiger partial charge in [-0.2, -0.15) is 0 Å². The third kappa shape index (κ3) is 3.65. The number of benzene rings is 1. The van der Waals surface area contributed by atoms with E-state index >= 15 is 0 Å². The molecule has 20 heavy (non-hydrogen) atoms. The molecule has 1 heterocycles. The molecule has 0 aliphatic rings. The van der Waals surface area contributed by atoms with E-state index in [9.17, 15) is 0 Å². The molecule has 0 saturated carbocycles. The molecular formula is C15H18N2O2S. The number of fused-ring (bicyclic) bond motifs is 1. The van der Waals surface area contributed by atoms with Crippen molar-refractivity contribution in [2.75, 3.05) is 19.8 Å². The molecule has 0 aliphatic carbocycles. The normalized spacial score (nSPS) is 10.7. The molecule has 0 bridgehead atoms. The standard InChI is InChI=1S/C15H18N2O2S/c1-2-7-18-8-9-19-14-10-12(15(16)20)11-5-3-4-6-13(11)17-14/h3-6,10H,2,7-9H2,1H3,(H2,16,20). The Labute approximate surface area is 123 Å². The second-order valence-corrected chi connectivity index (χ2v) is 4.79. The van der Waals surface area contributed by atoms with E-state index in [0.29, 0.717) is 24.1 Å². The van der Waals surface area contributed by atoms with Crippen LogP contribution in [0.4, 0.5) is 0 Å². The average Bonchev–Trinajstić information content (AvgIpc) is 2.46. The highest BCUT2D eigenvalue weighted by Crippen LogP contribution is 2.21. The number of ether oxygens (including phenoxy) is 2. The van der Waals surface area contributed by atoms with Gasteiger partial charge in [0.05, 0.1) is 12.1 Å². The first kappa shape index (κ1) is 14.7. The van der Waals surface area contributed by atoms with Crippen molar-refractivity contribution in [2.24, 2.45) is 5.73 Å². The van der Waals surface area contributed by atoms with E-state index in [1.807, 2.05) is 24.3 Å². The lowest BCUT2D eigenvalue weighted by atomic mass is 10.1. The highest BCUT2D eigenvalue weighted by atomic mass is 32.1. The monoisotopic (exact) mass is 290 g/mol. The number of nitrogens with zero attached hydrogens (tertiary/aromatic N) is 1. The van der Waals surface area contributed by atoms with Crippen molar-refractivity contribution in [3.63, 3.8) is 0 Å². The Bertz CT molecular complexity index is 601. The Balaban J connectivity index is 2.15. The first-order valence-electron chi connectivity index (χ1n) is 6.62. The predicted molar refractivity (Wildman–Crippen MR) is 84.2 cm³/mol. The fourth-order valence-corrected chi connectivity index (χ4v) is 2.05. The van der Waals surface area contributed by atoms with Crippen molar-refractivity contribution in [3.05, 3.63) is 35.9 Å². The van der Waals surface area contributed by atoms with Gasteiger partial charge < -0.3 is 15.2 Å². The van der Waals surface area contributed by atoms with Gasteiger partial charge in [0.1, 0.15) is 11.6 Å². The molecule has 1 aromatic carbocycles. The van der Waals surface area contributed by atoms with Gasteiger partial charge in [0.2, 0.25) is 5.88 Å². The molecule has 2 rings (SSSR count). The summed E-state index contributed by atoms with van der Waals surface area (Å²) < 4.78 is 11.0. The zero-order chi connectivity index (χ0) is 14.4. The van der Waals surface area contributed by atoms with Crippen molar-refractivity contribution < 1.29 is 9.47 Å². The maximum atomic E-state index is 5.77. The van der Waals surface area contributed by atoms with E-state index < -0.39 is 0 Å². The summed E-state index contributed by atoms with van der Waals surface area (Å²) in [5, 5.41) is 0.939. The molecule has 0 radical (unpaired) electrons. The van der Waals surface area contributed by atoms with Crippen LogP contribution in [0.3, 0.4) is 0 Å². The fraction of sp³-hybridized carbons (Fsp3) is 0.333. The van der Waals surface area contributed by atoms with Gasteiger partial charge >= 0.3 is 0 Å². The van der Waals surface area contributed by atoms with Gasteiger partial charge in [-0.15, -0.1) is 0 Å². The first-order chi connectivity index (χ1) is 9.72. The number of rotatable bonds is 7. The lowest BCUT2D eigenvalue weighted by molar-refractivity contribution is 0.0991. The molecule has 0 spiro atoms. The molecule has 2 N–H and O–H groups in total. The van der Waals surface area contributed by atoms with Gasteiger partial charge in [-0.3, -0.25) is 0 Å². The van der Waals surface area contributed by atoms with Gasteiger partial charge in [0, 0.05) is 23.6 Å². The summed E-state index contributed by atoms with van der Waals surface area (Å²) in [6.07, 6.45) is 1.000. The minimum Gasteiger partial charge on any atom is -0.475 e. The molecule has 106 valence electrons. The summed E-state index contributed by atoms with van der Waals surface area (Å²) >= 11 is 5.09. The van der Waals surface area contributed by atoms with Gasteiger partial charge in [0.25, 0.3) is 0 Å². The smallest absolute Gasteiger partial charge is 0.214 e. The van der Waals surface area contributed by atoms with E-state index in [1.165, 1.54) is 0 Å². The summed E-state index contributed by atoms with van der Waals surface area (Å²) in [5.41, 5.74) is 7.38. The summed E-state index contributed by atoms with van der Waals surface area (Å²) in [4.78, 5) is 4.79. The molecule has 4 nitrogen and oxygen atoms in total. The van der Waals surface area contributed by atoms with Crippen molar-refractivity contribution in [3.8, 4) is 5.88 Å². The van der Waals surface area contributed by atoms with Crippen LogP contribution in [-0.2, 0) is 4.74 Å². The highest BCUT2D eigenvalue weighted by molar-refractivity contribution is 7.80. The van der Waals surface area contributed by atoms with Gasteiger partial charge in [-0.25, -0.2) is 4.98 Å². The Hall–Kier alpha value is -1.72. The summed E-state index contributed by atoms with van der Waals surface area (Å²) in [7, 11) is 0. The van der Waals surface area contributed by atoms with Crippen LogP contribution in [0.15, 0.2) is 30.3 Å². The van der Waals surface area contributed by atoms with E-state index in [4.69, 9.17) is 27.4 Å². The third-order valence-electron chi connectivity index (χ3n) is 2.78. The van der Waals surface area contributed by atoms with Gasteiger partial charge in [0.15, 0.2) is 0 Å². The zero-order valence-corrected chi connectivity index (χ0v) is 12.3. The van der Waals surface area contributed by atoms with Crippen LogP contribution in [0.1, 0.15) is 18.9 Å². The predicted octanol–water partition coefficient (Wildman–Crippen LogP) is 2.67. The molecule has 0 aliphatic heterocycles. The molecule has 0 unspecified atom stereocenters. The first-order valence-corrected chi connectivity index (χ1v) is 7.03. The zero-order valence-electron chi connectivity index (χ0n) is 11.5. The van der Waals surface area contributed by atoms with Crippen LogP contribution in [0.25, 0.3) is 10.9 Å². The lowest BCUT2D eigenvalue weighted by Gasteiger charge is -2.10. The maximum absolute atomic E-state index is 5.77. The third-order valence-corrected chi connectivity index (χ3v) is 3.00. The van der Waals surface area contributed by atoms with E-state index in [2.05, 4.69) is 11.9 Å². The molecular weight excluding hydrogens is 272 g/mol. The van der Waals surface area contributed by atoms with Crippen LogP contribution >= 0.6 is 12.2 Å². The topological polar surface area (TPSA) is 57.4 Å². The number of thiocarbonyl (C=S) groups is 1. The Morgan fingerprint density at radius 1 is 1.25 bits per heavy atom. The summed E-state index contributed by atoms with van der Waals surface area (Å²) in [5.74, 6) is 0.520. The van der Waals surface area contributed by atoms with E-state index in [-0.39, 0.29) is 0 Å². The van der Waals surface area contributed by atoms with Gasteiger partial charge in [-0.1, -0.05) is 37.3 Å². The van der Waals surface area contributed by atoms with Gasteiger partial charge in [-0.05, 0) is 12.5 Å². The molecule has 0 saturated heterocycles. The quantitative estimate of drug-likeness (QED) is 0.627. The number of hydrogen-bond donors (Lipinski definition) is 1. The van der Waals surface area contributed by atoms with Crippen LogP contribution in [-0.4, -0.2) is 29.8 Å². The lowest BCUT2D eigenvalue weighted by Crippen LogP contribution is -2.12. The largest absolute Gasteiger partial charge is 0.475 e. The van der Waals surface area contributed by atoms with E-state index in [1.54, 1.807) is 6.07 Å². The maximum Gasteiger partial charge on any atom is 0.214 e. The van der Waals surface area contributed by atoms with Crippen molar-refractivity contribution in [1.82, 2.24) is 4.98 Å². The highest BCUT2D eigenvalue weighted by Gasteiger charge is 2.08. The number of nitrogens with two attached hydrogens (primary N) is 1. The average molecular weight is 290 g/mol. The Morgan fingerprint density at radius 3 is 2.80 bits per heavy atom.